The molecule has 1 aromatic carbocycles. The van der Waals surface area contributed by atoms with Crippen LogP contribution in [0.4, 0.5) is 0 Å². The second kappa shape index (κ2) is 7.35. The maximum absolute atomic E-state index is 12.6. The molecule has 0 amide bonds. The molecule has 0 radical (unpaired) electrons. The third-order valence-electron chi connectivity index (χ3n) is 3.80. The summed E-state index contributed by atoms with van der Waals surface area (Å²) in [6.45, 7) is 1.76. The van der Waals surface area contributed by atoms with Crippen molar-refractivity contribution in [3.63, 3.8) is 0 Å². The van der Waals surface area contributed by atoms with Crippen LogP contribution in [0.2, 0.25) is 10.0 Å². The molecule has 0 saturated carbocycles. The van der Waals surface area contributed by atoms with E-state index in [0.29, 0.717) is 0 Å². The fourth-order valence-corrected chi connectivity index (χ4v) is 2.99. The first-order valence-electron chi connectivity index (χ1n) is 7.67. The van der Waals surface area contributed by atoms with Gasteiger partial charge in [-0.15, -0.1) is 0 Å². The average Bonchev–Trinajstić information content (AvgIpc) is 2.63. The van der Waals surface area contributed by atoms with E-state index in [9.17, 15) is 9.90 Å². The van der Waals surface area contributed by atoms with Gasteiger partial charge in [-0.1, -0.05) is 29.3 Å². The van der Waals surface area contributed by atoms with Crippen LogP contribution in [0, 0.1) is 6.92 Å². The number of aryl methyl sites for hydroxylation is 2. The normalized spacial score (nSPS) is 10.8. The fourth-order valence-electron chi connectivity index (χ4n) is 2.53. The monoisotopic (exact) mass is 391 g/mol. The molecule has 3 rings (SSSR count). The molecule has 0 unspecified atom stereocenters. The standard InChI is InChI=1S/C18H15Cl2N3O3/c1-10-16(24)15(18(25)23(2)22-10)14-12(19)5-6-13(20)17(14)26-9-11-4-3-7-21-8-11/h3-8,24H,9H2,1-2H3. The van der Waals surface area contributed by atoms with Crippen molar-refractivity contribution in [3.8, 4) is 22.6 Å². The topological polar surface area (TPSA) is 77.2 Å². The molecule has 6 nitrogen and oxygen atoms in total. The molecule has 2 heterocycles. The quantitative estimate of drug-likeness (QED) is 0.732. The number of benzene rings is 1. The predicted molar refractivity (Wildman–Crippen MR) is 99.9 cm³/mol. The molecule has 26 heavy (non-hydrogen) atoms. The summed E-state index contributed by atoms with van der Waals surface area (Å²) in [5.41, 5.74) is 0.817. The minimum Gasteiger partial charge on any atom is -0.505 e. The van der Waals surface area contributed by atoms with Crippen LogP contribution in [0.3, 0.4) is 0 Å². The molecule has 1 N–H and O–H groups in total. The van der Waals surface area contributed by atoms with Crippen LogP contribution in [0.25, 0.3) is 11.1 Å². The van der Waals surface area contributed by atoms with E-state index in [1.54, 1.807) is 37.5 Å². The molecule has 0 saturated heterocycles. The minimum absolute atomic E-state index is 0.00585. The van der Waals surface area contributed by atoms with Crippen LogP contribution in [-0.4, -0.2) is 19.9 Å². The number of aromatic nitrogens is 3. The van der Waals surface area contributed by atoms with Crippen LogP contribution in [0.1, 0.15) is 11.3 Å². The fraction of sp³-hybridized carbons (Fsp3) is 0.167. The van der Waals surface area contributed by atoms with E-state index >= 15 is 0 Å². The molecule has 3 aromatic rings. The molecular formula is C18H15Cl2N3O3. The number of hydrogen-bond acceptors (Lipinski definition) is 5. The van der Waals surface area contributed by atoms with Crippen molar-refractivity contribution in [1.82, 2.24) is 14.8 Å². The number of halogens is 2. The third kappa shape index (κ3) is 3.38. The zero-order chi connectivity index (χ0) is 18.8. The molecule has 8 heteroatoms. The smallest absolute Gasteiger partial charge is 0.278 e. The highest BCUT2D eigenvalue weighted by Gasteiger charge is 2.23. The number of rotatable bonds is 4. The maximum Gasteiger partial charge on any atom is 0.278 e. The first-order valence-corrected chi connectivity index (χ1v) is 8.42. The highest BCUT2D eigenvalue weighted by atomic mass is 35.5. The number of ether oxygens (including phenoxy) is 1. The molecule has 0 aliphatic rings. The predicted octanol–water partition coefficient (Wildman–Crippen LogP) is 3.74. The molecule has 134 valence electrons. The van der Waals surface area contributed by atoms with Crippen molar-refractivity contribution < 1.29 is 9.84 Å². The second-order valence-electron chi connectivity index (χ2n) is 5.62. The van der Waals surface area contributed by atoms with E-state index in [-0.39, 0.29) is 45.0 Å². The average molecular weight is 392 g/mol. The highest BCUT2D eigenvalue weighted by Crippen LogP contribution is 2.43. The third-order valence-corrected chi connectivity index (χ3v) is 4.41. The summed E-state index contributed by atoms with van der Waals surface area (Å²) < 4.78 is 6.97. The van der Waals surface area contributed by atoms with Gasteiger partial charge in [0.05, 0.1) is 21.2 Å². The number of hydrogen-bond donors (Lipinski definition) is 1. The first-order chi connectivity index (χ1) is 12.4. The number of pyridine rings is 1. The SMILES string of the molecule is Cc1nn(C)c(=O)c(-c2c(Cl)ccc(Cl)c2OCc2cccnc2)c1O. The molecular weight excluding hydrogens is 377 g/mol. The largest absolute Gasteiger partial charge is 0.505 e. The summed E-state index contributed by atoms with van der Waals surface area (Å²) in [6, 6.07) is 6.75. The number of nitrogens with zero attached hydrogens (tertiary/aromatic N) is 3. The lowest BCUT2D eigenvalue weighted by molar-refractivity contribution is 0.307. The van der Waals surface area contributed by atoms with Gasteiger partial charge in [-0.25, -0.2) is 4.68 Å². The van der Waals surface area contributed by atoms with E-state index in [2.05, 4.69) is 10.1 Å². The lowest BCUT2D eigenvalue weighted by atomic mass is 10.0. The number of aromatic hydroxyl groups is 1. The van der Waals surface area contributed by atoms with Gasteiger partial charge in [-0.2, -0.15) is 5.10 Å². The molecule has 2 aromatic heterocycles. The molecule has 0 bridgehead atoms. The molecule has 0 fully saturated rings. The summed E-state index contributed by atoms with van der Waals surface area (Å²) in [7, 11) is 1.49. The van der Waals surface area contributed by atoms with Gasteiger partial charge in [-0.05, 0) is 25.1 Å². The van der Waals surface area contributed by atoms with E-state index < -0.39 is 5.56 Å². The summed E-state index contributed by atoms with van der Waals surface area (Å²) >= 11 is 12.6. The van der Waals surface area contributed by atoms with E-state index in [1.807, 2.05) is 6.07 Å². The Kier molecular flexibility index (Phi) is 5.15. The Morgan fingerprint density at radius 2 is 1.92 bits per heavy atom. The Morgan fingerprint density at radius 1 is 1.19 bits per heavy atom. The zero-order valence-corrected chi connectivity index (χ0v) is 15.5. The lowest BCUT2D eigenvalue weighted by Crippen LogP contribution is -2.22. The van der Waals surface area contributed by atoms with Gasteiger partial charge >= 0.3 is 0 Å². The Balaban J connectivity index is 2.17. The van der Waals surface area contributed by atoms with Crippen molar-refractivity contribution in [2.45, 2.75) is 13.5 Å². The van der Waals surface area contributed by atoms with Gasteiger partial charge < -0.3 is 9.84 Å². The Hall–Kier alpha value is -2.57. The van der Waals surface area contributed by atoms with Crippen LogP contribution in [-0.2, 0) is 13.7 Å². The summed E-state index contributed by atoms with van der Waals surface area (Å²) in [5, 5.41) is 14.9. The van der Waals surface area contributed by atoms with Gasteiger partial charge in [0.25, 0.3) is 5.56 Å². The molecule has 0 spiro atoms. The van der Waals surface area contributed by atoms with Crippen molar-refractivity contribution in [1.29, 1.82) is 0 Å². The van der Waals surface area contributed by atoms with Gasteiger partial charge in [0.15, 0.2) is 5.75 Å². The van der Waals surface area contributed by atoms with E-state index in [4.69, 9.17) is 27.9 Å². The van der Waals surface area contributed by atoms with Crippen molar-refractivity contribution in [2.24, 2.45) is 7.05 Å². The second-order valence-corrected chi connectivity index (χ2v) is 6.44. The van der Waals surface area contributed by atoms with Crippen LogP contribution < -0.4 is 10.3 Å². The van der Waals surface area contributed by atoms with Gasteiger partial charge in [-0.3, -0.25) is 9.78 Å². The van der Waals surface area contributed by atoms with Crippen LogP contribution >= 0.6 is 23.2 Å². The minimum atomic E-state index is -0.511. The van der Waals surface area contributed by atoms with Crippen LogP contribution in [0.15, 0.2) is 41.5 Å². The van der Waals surface area contributed by atoms with Crippen molar-refractivity contribution in [3.05, 3.63) is 68.3 Å². The van der Waals surface area contributed by atoms with Gasteiger partial charge in [0.1, 0.15) is 18.1 Å². The van der Waals surface area contributed by atoms with Crippen molar-refractivity contribution in [2.75, 3.05) is 0 Å². The Morgan fingerprint density at radius 3 is 2.62 bits per heavy atom. The van der Waals surface area contributed by atoms with E-state index in [1.165, 1.54) is 7.05 Å². The van der Waals surface area contributed by atoms with Gasteiger partial charge in [0, 0.05) is 25.0 Å². The lowest BCUT2D eigenvalue weighted by Gasteiger charge is -2.16. The molecule has 0 aliphatic heterocycles. The first kappa shape index (κ1) is 18.2. The molecule has 0 aliphatic carbocycles. The Labute approximate surface area is 159 Å². The summed E-state index contributed by atoms with van der Waals surface area (Å²) in [4.78, 5) is 16.6. The maximum atomic E-state index is 12.6. The zero-order valence-electron chi connectivity index (χ0n) is 14.0. The summed E-state index contributed by atoms with van der Waals surface area (Å²) in [6.07, 6.45) is 3.31. The van der Waals surface area contributed by atoms with E-state index in [0.717, 1.165) is 10.2 Å². The summed E-state index contributed by atoms with van der Waals surface area (Å²) in [5.74, 6) is -0.0514. The van der Waals surface area contributed by atoms with Crippen molar-refractivity contribution >= 4 is 23.2 Å². The van der Waals surface area contributed by atoms with Gasteiger partial charge in [0.2, 0.25) is 0 Å². The van der Waals surface area contributed by atoms with Crippen LogP contribution in [0.5, 0.6) is 11.5 Å². The Bertz CT molecular complexity index is 1020. The molecule has 0 atom stereocenters. The highest BCUT2D eigenvalue weighted by molar-refractivity contribution is 6.37.